The predicted molar refractivity (Wildman–Crippen MR) is 74.7 cm³/mol. The predicted octanol–water partition coefficient (Wildman–Crippen LogP) is 0.0724. The zero-order chi connectivity index (χ0) is 13.1. The van der Waals surface area contributed by atoms with Crippen LogP contribution in [0.4, 0.5) is 0 Å². The number of halogens is 1. The standard InChI is InChI=1S/C12H18N4O2.ClH/c1-8-9(4-3-7-13-8)14-12(18)10-5-6-11(17)16(2)15-10;/h5-6,8-9,13H,3-4,7H2,1-2H3,(H,14,18);1H. The van der Waals surface area contributed by atoms with Crippen LogP contribution in [0.2, 0.25) is 0 Å². The maximum Gasteiger partial charge on any atom is 0.271 e. The fourth-order valence-corrected chi connectivity index (χ4v) is 2.11. The summed E-state index contributed by atoms with van der Waals surface area (Å²) in [7, 11) is 1.53. The van der Waals surface area contributed by atoms with Gasteiger partial charge in [0, 0.05) is 25.2 Å². The van der Waals surface area contributed by atoms with E-state index in [-0.39, 0.29) is 41.7 Å². The molecule has 1 aliphatic rings. The van der Waals surface area contributed by atoms with Crippen molar-refractivity contribution < 1.29 is 4.79 Å². The molecule has 7 heteroatoms. The molecule has 2 heterocycles. The van der Waals surface area contributed by atoms with Crippen molar-refractivity contribution in [2.24, 2.45) is 7.05 Å². The summed E-state index contributed by atoms with van der Waals surface area (Å²) in [4.78, 5) is 23.2. The van der Waals surface area contributed by atoms with Crippen molar-refractivity contribution in [3.05, 3.63) is 28.2 Å². The Bertz CT molecular complexity index is 503. The van der Waals surface area contributed by atoms with Gasteiger partial charge >= 0.3 is 0 Å². The normalized spacial score (nSPS) is 22.4. The van der Waals surface area contributed by atoms with Crippen molar-refractivity contribution in [3.63, 3.8) is 0 Å². The van der Waals surface area contributed by atoms with Crippen LogP contribution in [0.5, 0.6) is 0 Å². The number of piperidine rings is 1. The first kappa shape index (κ1) is 15.7. The van der Waals surface area contributed by atoms with Gasteiger partial charge in [-0.2, -0.15) is 5.10 Å². The molecule has 0 bridgehead atoms. The van der Waals surface area contributed by atoms with Crippen LogP contribution in [0.3, 0.4) is 0 Å². The maximum absolute atomic E-state index is 12.0. The summed E-state index contributed by atoms with van der Waals surface area (Å²) >= 11 is 0. The summed E-state index contributed by atoms with van der Waals surface area (Å²) in [6.45, 7) is 3.05. The van der Waals surface area contributed by atoms with Crippen molar-refractivity contribution in [1.29, 1.82) is 0 Å². The van der Waals surface area contributed by atoms with Crippen LogP contribution in [0, 0.1) is 0 Å². The molecule has 1 aliphatic heterocycles. The van der Waals surface area contributed by atoms with Crippen molar-refractivity contribution in [2.45, 2.75) is 31.8 Å². The zero-order valence-electron chi connectivity index (χ0n) is 11.0. The Morgan fingerprint density at radius 3 is 2.89 bits per heavy atom. The Morgan fingerprint density at radius 1 is 1.53 bits per heavy atom. The fraction of sp³-hybridized carbons (Fsp3) is 0.583. The summed E-state index contributed by atoms with van der Waals surface area (Å²) in [6, 6.07) is 3.18. The van der Waals surface area contributed by atoms with Gasteiger partial charge in [0.05, 0.1) is 0 Å². The lowest BCUT2D eigenvalue weighted by molar-refractivity contribution is 0.0912. The van der Waals surface area contributed by atoms with Crippen LogP contribution in [-0.2, 0) is 7.05 Å². The van der Waals surface area contributed by atoms with Crippen LogP contribution in [0.15, 0.2) is 16.9 Å². The van der Waals surface area contributed by atoms with Crippen molar-refractivity contribution in [2.75, 3.05) is 6.54 Å². The van der Waals surface area contributed by atoms with Crippen LogP contribution in [0.1, 0.15) is 30.3 Å². The second-order valence-electron chi connectivity index (χ2n) is 4.65. The van der Waals surface area contributed by atoms with Gasteiger partial charge in [-0.05, 0) is 32.4 Å². The Hall–Kier alpha value is -1.40. The molecule has 1 saturated heterocycles. The molecule has 1 aromatic heterocycles. The lowest BCUT2D eigenvalue weighted by Gasteiger charge is -2.30. The molecule has 2 unspecified atom stereocenters. The first-order valence-electron chi connectivity index (χ1n) is 6.16. The third kappa shape index (κ3) is 3.78. The monoisotopic (exact) mass is 286 g/mol. The van der Waals surface area contributed by atoms with Crippen LogP contribution in [0.25, 0.3) is 0 Å². The number of hydrogen-bond acceptors (Lipinski definition) is 4. The molecule has 0 radical (unpaired) electrons. The van der Waals surface area contributed by atoms with Gasteiger partial charge in [-0.3, -0.25) is 9.59 Å². The van der Waals surface area contributed by atoms with Gasteiger partial charge in [-0.1, -0.05) is 0 Å². The van der Waals surface area contributed by atoms with E-state index < -0.39 is 0 Å². The van der Waals surface area contributed by atoms with Gasteiger partial charge < -0.3 is 10.6 Å². The summed E-state index contributed by atoms with van der Waals surface area (Å²) in [5.41, 5.74) is 0.0501. The van der Waals surface area contributed by atoms with E-state index >= 15 is 0 Å². The van der Waals surface area contributed by atoms with E-state index in [1.165, 1.54) is 19.2 Å². The Balaban J connectivity index is 0.00000180. The number of carbonyl (C=O) groups is 1. The number of nitrogens with zero attached hydrogens (tertiary/aromatic N) is 2. The molecular weight excluding hydrogens is 268 g/mol. The molecule has 1 amide bonds. The molecule has 2 N–H and O–H groups in total. The number of carbonyl (C=O) groups excluding carboxylic acids is 1. The average Bonchev–Trinajstić information content (AvgIpc) is 2.35. The number of rotatable bonds is 2. The molecule has 0 saturated carbocycles. The van der Waals surface area contributed by atoms with Crippen molar-refractivity contribution >= 4 is 18.3 Å². The second-order valence-corrected chi connectivity index (χ2v) is 4.65. The first-order chi connectivity index (χ1) is 8.58. The molecule has 19 heavy (non-hydrogen) atoms. The molecule has 0 spiro atoms. The molecular formula is C12H19ClN4O2. The quantitative estimate of drug-likeness (QED) is 0.807. The first-order valence-corrected chi connectivity index (χ1v) is 6.16. The highest BCUT2D eigenvalue weighted by atomic mass is 35.5. The number of aromatic nitrogens is 2. The highest BCUT2D eigenvalue weighted by Gasteiger charge is 2.23. The molecule has 1 fully saturated rings. The molecule has 1 aromatic rings. The highest BCUT2D eigenvalue weighted by molar-refractivity contribution is 5.92. The molecule has 0 aromatic carbocycles. The Labute approximate surface area is 118 Å². The minimum Gasteiger partial charge on any atom is -0.346 e. The van der Waals surface area contributed by atoms with Gasteiger partial charge in [0.25, 0.3) is 11.5 Å². The lowest BCUT2D eigenvalue weighted by atomic mass is 10.00. The molecule has 6 nitrogen and oxygen atoms in total. The minimum atomic E-state index is -0.230. The van der Waals surface area contributed by atoms with E-state index in [2.05, 4.69) is 22.7 Å². The average molecular weight is 287 g/mol. The summed E-state index contributed by atoms with van der Waals surface area (Å²) in [6.07, 6.45) is 2.02. The van der Waals surface area contributed by atoms with Gasteiger partial charge in [0.2, 0.25) is 0 Å². The third-order valence-electron chi connectivity index (χ3n) is 3.27. The van der Waals surface area contributed by atoms with E-state index in [0.717, 1.165) is 24.1 Å². The van der Waals surface area contributed by atoms with E-state index in [9.17, 15) is 9.59 Å². The number of hydrogen-bond donors (Lipinski definition) is 2. The number of amides is 1. The van der Waals surface area contributed by atoms with E-state index in [1.807, 2.05) is 0 Å². The maximum atomic E-state index is 12.0. The summed E-state index contributed by atoms with van der Waals surface area (Å²) < 4.78 is 1.16. The van der Waals surface area contributed by atoms with E-state index in [4.69, 9.17) is 0 Å². The molecule has 2 rings (SSSR count). The smallest absolute Gasteiger partial charge is 0.271 e. The Morgan fingerprint density at radius 2 is 2.26 bits per heavy atom. The van der Waals surface area contributed by atoms with Crippen LogP contribution < -0.4 is 16.2 Å². The summed E-state index contributed by atoms with van der Waals surface area (Å²) in [5, 5.41) is 10.2. The van der Waals surface area contributed by atoms with Crippen molar-refractivity contribution in [3.8, 4) is 0 Å². The highest BCUT2D eigenvalue weighted by Crippen LogP contribution is 2.08. The topological polar surface area (TPSA) is 76.0 Å². The van der Waals surface area contributed by atoms with Gasteiger partial charge in [-0.15, -0.1) is 12.4 Å². The second kappa shape index (κ2) is 6.68. The van der Waals surface area contributed by atoms with Crippen molar-refractivity contribution in [1.82, 2.24) is 20.4 Å². The SMILES string of the molecule is CC1NCCCC1NC(=O)c1ccc(=O)n(C)n1.Cl. The summed E-state index contributed by atoms with van der Waals surface area (Å²) in [5.74, 6) is -0.230. The van der Waals surface area contributed by atoms with Gasteiger partial charge in [-0.25, -0.2) is 4.68 Å². The largest absolute Gasteiger partial charge is 0.346 e. The molecule has 2 atom stereocenters. The van der Waals surface area contributed by atoms with Gasteiger partial charge in [0.1, 0.15) is 5.69 Å². The number of aryl methyl sites for hydroxylation is 1. The molecule has 106 valence electrons. The minimum absolute atomic E-state index is 0. The zero-order valence-corrected chi connectivity index (χ0v) is 11.9. The Kier molecular flexibility index (Phi) is 5.50. The van der Waals surface area contributed by atoms with Gasteiger partial charge in [0.15, 0.2) is 0 Å². The fourth-order valence-electron chi connectivity index (χ4n) is 2.11. The van der Waals surface area contributed by atoms with E-state index in [1.54, 1.807) is 0 Å². The van der Waals surface area contributed by atoms with E-state index in [0.29, 0.717) is 0 Å². The number of nitrogens with one attached hydrogen (secondary N) is 2. The third-order valence-corrected chi connectivity index (χ3v) is 3.27. The lowest BCUT2D eigenvalue weighted by Crippen LogP contribution is -2.52. The van der Waals surface area contributed by atoms with Crippen LogP contribution >= 0.6 is 12.4 Å². The molecule has 0 aliphatic carbocycles. The van der Waals surface area contributed by atoms with Crippen LogP contribution in [-0.4, -0.2) is 34.3 Å².